The maximum Gasteiger partial charge on any atom is 0.271 e. The van der Waals surface area contributed by atoms with E-state index in [9.17, 15) is 10.1 Å². The van der Waals surface area contributed by atoms with Gasteiger partial charge in [-0.05, 0) is 30.9 Å². The van der Waals surface area contributed by atoms with Crippen LogP contribution in [0.3, 0.4) is 0 Å². The molecular weight excluding hydrogens is 328 g/mol. The first-order valence-corrected chi connectivity index (χ1v) is 8.33. The Balaban J connectivity index is 1.82. The Labute approximate surface area is 141 Å². The van der Waals surface area contributed by atoms with Crippen molar-refractivity contribution in [2.24, 2.45) is 0 Å². The third kappa shape index (κ3) is 2.35. The zero-order chi connectivity index (χ0) is 16.7. The van der Waals surface area contributed by atoms with E-state index < -0.39 is 4.92 Å². The molecule has 3 aromatic rings. The van der Waals surface area contributed by atoms with Crippen LogP contribution >= 0.6 is 11.3 Å². The van der Waals surface area contributed by atoms with Crippen LogP contribution in [-0.2, 0) is 12.8 Å². The molecule has 0 unspecified atom stereocenters. The highest BCUT2D eigenvalue weighted by Crippen LogP contribution is 2.40. The summed E-state index contributed by atoms with van der Waals surface area (Å²) in [5.41, 5.74) is 1.81. The van der Waals surface area contributed by atoms with E-state index in [0.717, 1.165) is 29.5 Å². The zero-order valence-electron chi connectivity index (χ0n) is 12.9. The van der Waals surface area contributed by atoms with Crippen molar-refractivity contribution in [1.82, 2.24) is 9.97 Å². The summed E-state index contributed by atoms with van der Waals surface area (Å²) < 4.78 is 5.31. The standard InChI is InChI=1S/C16H14N4O3S/c1-23-12-6-5-9(20(21)22)7-11(12)19-15-14-10-3-2-4-13(10)24-16(14)18-8-17-15/h5-8H,2-4H2,1H3,(H,17,18,19). The van der Waals surface area contributed by atoms with Gasteiger partial charge in [-0.3, -0.25) is 10.1 Å². The van der Waals surface area contributed by atoms with E-state index >= 15 is 0 Å². The Bertz CT molecular complexity index is 954. The number of anilines is 2. The summed E-state index contributed by atoms with van der Waals surface area (Å²) in [5, 5.41) is 15.3. The first-order chi connectivity index (χ1) is 11.7. The summed E-state index contributed by atoms with van der Waals surface area (Å²) >= 11 is 1.70. The first kappa shape index (κ1) is 14.8. The van der Waals surface area contributed by atoms with Crippen LogP contribution < -0.4 is 10.1 Å². The lowest BCUT2D eigenvalue weighted by molar-refractivity contribution is -0.384. The molecule has 8 heteroatoms. The zero-order valence-corrected chi connectivity index (χ0v) is 13.7. The second kappa shape index (κ2) is 5.72. The van der Waals surface area contributed by atoms with E-state index in [4.69, 9.17) is 4.74 Å². The molecule has 0 aliphatic heterocycles. The molecule has 0 fully saturated rings. The quantitative estimate of drug-likeness (QED) is 0.572. The molecule has 0 amide bonds. The minimum absolute atomic E-state index is 0.000789. The summed E-state index contributed by atoms with van der Waals surface area (Å²) in [4.78, 5) is 21.6. The number of benzene rings is 1. The molecule has 0 saturated heterocycles. The lowest BCUT2D eigenvalue weighted by Gasteiger charge is -2.11. The van der Waals surface area contributed by atoms with Gasteiger partial charge in [-0.2, -0.15) is 0 Å². The molecule has 1 aromatic carbocycles. The lowest BCUT2D eigenvalue weighted by atomic mass is 10.2. The van der Waals surface area contributed by atoms with Crippen molar-refractivity contribution in [3.05, 3.63) is 45.1 Å². The molecule has 0 saturated carbocycles. The van der Waals surface area contributed by atoms with Gasteiger partial charge >= 0.3 is 0 Å². The average molecular weight is 342 g/mol. The second-order valence-corrected chi connectivity index (χ2v) is 6.61. The fourth-order valence-corrected chi connectivity index (χ4v) is 4.29. The summed E-state index contributed by atoms with van der Waals surface area (Å²) in [7, 11) is 1.53. The van der Waals surface area contributed by atoms with Crippen molar-refractivity contribution in [3.63, 3.8) is 0 Å². The topological polar surface area (TPSA) is 90.2 Å². The highest BCUT2D eigenvalue weighted by atomic mass is 32.1. The van der Waals surface area contributed by atoms with Gasteiger partial charge in [0, 0.05) is 17.0 Å². The van der Waals surface area contributed by atoms with Crippen LogP contribution in [0.15, 0.2) is 24.5 Å². The normalized spacial score (nSPS) is 13.0. The lowest BCUT2D eigenvalue weighted by Crippen LogP contribution is -1.99. The van der Waals surface area contributed by atoms with Crippen LogP contribution in [0.5, 0.6) is 5.75 Å². The predicted octanol–water partition coefficient (Wildman–Crippen LogP) is 3.84. The third-order valence-corrected chi connectivity index (χ3v) is 5.35. The number of nitro groups is 1. The van der Waals surface area contributed by atoms with Crippen molar-refractivity contribution in [2.75, 3.05) is 12.4 Å². The number of fused-ring (bicyclic) bond motifs is 3. The van der Waals surface area contributed by atoms with E-state index in [1.54, 1.807) is 17.4 Å². The van der Waals surface area contributed by atoms with Crippen LogP contribution in [0, 0.1) is 10.1 Å². The summed E-state index contributed by atoms with van der Waals surface area (Å²) in [5.74, 6) is 1.19. The van der Waals surface area contributed by atoms with Gasteiger partial charge in [0.05, 0.1) is 23.1 Å². The van der Waals surface area contributed by atoms with Crippen molar-refractivity contribution >= 4 is 38.7 Å². The SMILES string of the molecule is COc1ccc([N+](=O)[O-])cc1Nc1ncnc2sc3c(c12)CCC3. The van der Waals surface area contributed by atoms with Crippen LogP contribution in [0.25, 0.3) is 10.2 Å². The molecule has 1 aliphatic rings. The number of ether oxygens (including phenoxy) is 1. The average Bonchev–Trinajstić information content (AvgIpc) is 3.15. The fourth-order valence-electron chi connectivity index (χ4n) is 3.06. The number of nitrogens with zero attached hydrogens (tertiary/aromatic N) is 3. The van der Waals surface area contributed by atoms with Gasteiger partial charge in [0.25, 0.3) is 5.69 Å². The Morgan fingerprint density at radius 2 is 2.21 bits per heavy atom. The molecule has 0 atom stereocenters. The molecule has 2 aromatic heterocycles. The van der Waals surface area contributed by atoms with Crippen LogP contribution in [0.2, 0.25) is 0 Å². The first-order valence-electron chi connectivity index (χ1n) is 7.52. The molecule has 0 bridgehead atoms. The minimum Gasteiger partial charge on any atom is -0.495 e. The smallest absolute Gasteiger partial charge is 0.271 e. The Morgan fingerprint density at radius 3 is 3.00 bits per heavy atom. The second-order valence-electron chi connectivity index (χ2n) is 5.53. The third-order valence-electron chi connectivity index (χ3n) is 4.15. The Hall–Kier alpha value is -2.74. The molecular formula is C16H14N4O3S. The minimum atomic E-state index is -0.428. The van der Waals surface area contributed by atoms with E-state index in [0.29, 0.717) is 17.3 Å². The van der Waals surface area contributed by atoms with Crippen LogP contribution in [0.4, 0.5) is 17.2 Å². The van der Waals surface area contributed by atoms with Gasteiger partial charge in [0.15, 0.2) is 0 Å². The van der Waals surface area contributed by atoms with E-state index in [2.05, 4.69) is 15.3 Å². The molecule has 7 nitrogen and oxygen atoms in total. The number of aromatic nitrogens is 2. The van der Waals surface area contributed by atoms with Crippen LogP contribution in [0.1, 0.15) is 16.9 Å². The molecule has 24 heavy (non-hydrogen) atoms. The van der Waals surface area contributed by atoms with E-state index in [1.165, 1.54) is 36.0 Å². The number of aryl methyl sites for hydroxylation is 2. The molecule has 2 heterocycles. The molecule has 1 N–H and O–H groups in total. The van der Waals surface area contributed by atoms with Crippen molar-refractivity contribution in [3.8, 4) is 5.75 Å². The van der Waals surface area contributed by atoms with Crippen molar-refractivity contribution in [1.29, 1.82) is 0 Å². The maximum atomic E-state index is 11.0. The van der Waals surface area contributed by atoms with Gasteiger partial charge in [0.2, 0.25) is 0 Å². The number of nitrogens with one attached hydrogen (secondary N) is 1. The molecule has 4 rings (SSSR count). The highest BCUT2D eigenvalue weighted by Gasteiger charge is 2.22. The van der Waals surface area contributed by atoms with Gasteiger partial charge < -0.3 is 10.1 Å². The number of hydrogen-bond acceptors (Lipinski definition) is 7. The monoisotopic (exact) mass is 342 g/mol. The highest BCUT2D eigenvalue weighted by molar-refractivity contribution is 7.19. The number of rotatable bonds is 4. The number of nitro benzene ring substituents is 1. The molecule has 122 valence electrons. The van der Waals surface area contributed by atoms with E-state index in [1.807, 2.05) is 0 Å². The van der Waals surface area contributed by atoms with E-state index in [-0.39, 0.29) is 5.69 Å². The fraction of sp³-hybridized carbons (Fsp3) is 0.250. The number of methoxy groups -OCH3 is 1. The van der Waals surface area contributed by atoms with Gasteiger partial charge in [-0.15, -0.1) is 11.3 Å². The summed E-state index contributed by atoms with van der Waals surface area (Å²) in [6.07, 6.45) is 4.76. The molecule has 0 spiro atoms. The van der Waals surface area contributed by atoms with Gasteiger partial charge in [-0.25, -0.2) is 9.97 Å². The molecule has 1 aliphatic carbocycles. The maximum absolute atomic E-state index is 11.0. The Kier molecular flexibility index (Phi) is 3.53. The van der Waals surface area contributed by atoms with Gasteiger partial charge in [0.1, 0.15) is 22.7 Å². The van der Waals surface area contributed by atoms with Gasteiger partial charge in [-0.1, -0.05) is 0 Å². The van der Waals surface area contributed by atoms with Crippen molar-refractivity contribution < 1.29 is 9.66 Å². The number of hydrogen-bond donors (Lipinski definition) is 1. The Morgan fingerprint density at radius 1 is 1.33 bits per heavy atom. The predicted molar refractivity (Wildman–Crippen MR) is 92.4 cm³/mol. The summed E-state index contributed by atoms with van der Waals surface area (Å²) in [6.45, 7) is 0. The van der Waals surface area contributed by atoms with Crippen LogP contribution in [-0.4, -0.2) is 22.0 Å². The number of thiophene rings is 1. The van der Waals surface area contributed by atoms with Crippen molar-refractivity contribution in [2.45, 2.75) is 19.3 Å². The molecule has 0 radical (unpaired) electrons. The summed E-state index contributed by atoms with van der Waals surface area (Å²) in [6, 6.07) is 4.46. The number of non-ortho nitro benzene ring substituents is 1. The largest absolute Gasteiger partial charge is 0.495 e.